The summed E-state index contributed by atoms with van der Waals surface area (Å²) in [6, 6.07) is 4.34. The number of rotatable bonds is 3. The molecule has 0 saturated carbocycles. The number of hydrogen-bond donors (Lipinski definition) is 2. The van der Waals surface area contributed by atoms with Gasteiger partial charge in [0.25, 0.3) is 0 Å². The molecule has 4 nitrogen and oxygen atoms in total. The van der Waals surface area contributed by atoms with Crippen molar-refractivity contribution in [2.24, 2.45) is 5.92 Å². The molecule has 0 radical (unpaired) electrons. The van der Waals surface area contributed by atoms with Gasteiger partial charge in [-0.15, -0.1) is 0 Å². The lowest BCUT2D eigenvalue weighted by atomic mass is 9.97. The van der Waals surface area contributed by atoms with Crippen LogP contribution in [0.5, 0.6) is 5.75 Å². The first kappa shape index (κ1) is 12.8. The molecule has 0 atom stereocenters. The average Bonchev–Trinajstić information content (AvgIpc) is 2.34. The number of carboxylic acid groups (broad SMARTS) is 1. The number of halogens is 1. The molecule has 0 aliphatic carbocycles. The second-order valence-electron chi connectivity index (χ2n) is 4.67. The van der Waals surface area contributed by atoms with E-state index >= 15 is 0 Å². The normalized spacial score (nSPS) is 17.8. The summed E-state index contributed by atoms with van der Waals surface area (Å²) < 4.78 is 13.2. The minimum atomic E-state index is -0.731. The minimum Gasteiger partial charge on any atom is -0.505 e. The molecule has 5 heteroatoms. The minimum absolute atomic E-state index is 0.252. The number of carboxylic acids is 1. The maximum absolute atomic E-state index is 13.2. The number of phenolic OH excluding ortho intramolecular Hbond substituents is 1. The first-order valence-electron chi connectivity index (χ1n) is 5.99. The van der Waals surface area contributed by atoms with E-state index in [0.717, 1.165) is 5.56 Å². The van der Waals surface area contributed by atoms with E-state index in [-0.39, 0.29) is 11.7 Å². The Bertz CT molecular complexity index is 442. The highest BCUT2D eigenvalue weighted by Gasteiger charge is 2.24. The van der Waals surface area contributed by atoms with Crippen LogP contribution in [0.25, 0.3) is 0 Å². The van der Waals surface area contributed by atoms with Crippen LogP contribution in [0.4, 0.5) is 4.39 Å². The number of likely N-dealkylation sites (tertiary alicyclic amines) is 1. The summed E-state index contributed by atoms with van der Waals surface area (Å²) in [5.74, 6) is -1.95. The van der Waals surface area contributed by atoms with E-state index in [2.05, 4.69) is 4.90 Å². The summed E-state index contributed by atoms with van der Waals surface area (Å²) in [6.45, 7) is 2.00. The molecule has 0 spiro atoms. The lowest BCUT2D eigenvalue weighted by Crippen LogP contribution is -2.35. The fraction of sp³-hybridized carbons (Fsp3) is 0.462. The fourth-order valence-electron chi connectivity index (χ4n) is 2.24. The van der Waals surface area contributed by atoms with Crippen molar-refractivity contribution in [3.63, 3.8) is 0 Å². The molecule has 1 heterocycles. The zero-order valence-corrected chi connectivity index (χ0v) is 9.97. The molecule has 0 amide bonds. The van der Waals surface area contributed by atoms with Gasteiger partial charge in [-0.2, -0.15) is 0 Å². The van der Waals surface area contributed by atoms with E-state index < -0.39 is 11.8 Å². The third kappa shape index (κ3) is 2.98. The molecule has 1 aliphatic rings. The number of aromatic hydroxyl groups is 1. The van der Waals surface area contributed by atoms with Crippen LogP contribution in [0.2, 0.25) is 0 Å². The monoisotopic (exact) mass is 253 g/mol. The van der Waals surface area contributed by atoms with Gasteiger partial charge in [-0.25, -0.2) is 4.39 Å². The van der Waals surface area contributed by atoms with Gasteiger partial charge in [0.15, 0.2) is 11.6 Å². The van der Waals surface area contributed by atoms with Gasteiger partial charge in [0.05, 0.1) is 5.92 Å². The second-order valence-corrected chi connectivity index (χ2v) is 4.67. The van der Waals surface area contributed by atoms with Crippen molar-refractivity contribution in [2.45, 2.75) is 19.4 Å². The van der Waals surface area contributed by atoms with Crippen LogP contribution in [-0.2, 0) is 11.3 Å². The standard InChI is InChI=1S/C13H16FNO3/c14-11-7-9(1-2-12(11)16)8-15-5-3-10(4-6-15)13(17)18/h1-2,7,10,16H,3-6,8H2,(H,17,18). The van der Waals surface area contributed by atoms with Crippen molar-refractivity contribution in [1.29, 1.82) is 0 Å². The van der Waals surface area contributed by atoms with E-state index in [0.29, 0.717) is 32.5 Å². The lowest BCUT2D eigenvalue weighted by Gasteiger charge is -2.30. The number of phenols is 1. The molecule has 0 unspecified atom stereocenters. The van der Waals surface area contributed by atoms with Crippen LogP contribution in [0, 0.1) is 11.7 Å². The summed E-state index contributed by atoms with van der Waals surface area (Å²) in [7, 11) is 0. The summed E-state index contributed by atoms with van der Waals surface area (Å²) in [5, 5.41) is 18.0. The summed E-state index contributed by atoms with van der Waals surface area (Å²) in [5.41, 5.74) is 0.791. The predicted octanol–water partition coefficient (Wildman–Crippen LogP) is 1.83. The SMILES string of the molecule is O=C(O)C1CCN(Cc2ccc(O)c(F)c2)CC1. The zero-order chi connectivity index (χ0) is 13.1. The zero-order valence-electron chi connectivity index (χ0n) is 9.97. The van der Waals surface area contributed by atoms with Crippen molar-refractivity contribution in [1.82, 2.24) is 4.90 Å². The number of benzene rings is 1. The van der Waals surface area contributed by atoms with E-state index in [1.807, 2.05) is 0 Å². The Morgan fingerprint density at radius 2 is 2.06 bits per heavy atom. The van der Waals surface area contributed by atoms with E-state index in [4.69, 9.17) is 10.2 Å². The topological polar surface area (TPSA) is 60.8 Å². The number of aliphatic carboxylic acids is 1. The number of carbonyl (C=O) groups is 1. The first-order valence-corrected chi connectivity index (χ1v) is 5.99. The van der Waals surface area contributed by atoms with Gasteiger partial charge in [-0.3, -0.25) is 9.69 Å². The molecule has 1 aromatic rings. The highest BCUT2D eigenvalue weighted by atomic mass is 19.1. The van der Waals surface area contributed by atoms with Gasteiger partial charge in [0.2, 0.25) is 0 Å². The quantitative estimate of drug-likeness (QED) is 0.862. The molecular formula is C13H16FNO3. The molecular weight excluding hydrogens is 237 g/mol. The van der Waals surface area contributed by atoms with E-state index in [1.165, 1.54) is 12.1 Å². The van der Waals surface area contributed by atoms with Crippen molar-refractivity contribution in [2.75, 3.05) is 13.1 Å². The van der Waals surface area contributed by atoms with Gasteiger partial charge >= 0.3 is 5.97 Å². The molecule has 98 valence electrons. The highest BCUT2D eigenvalue weighted by molar-refractivity contribution is 5.70. The van der Waals surface area contributed by atoms with Gasteiger partial charge < -0.3 is 10.2 Å². The molecule has 0 bridgehead atoms. The average molecular weight is 253 g/mol. The van der Waals surface area contributed by atoms with E-state index in [1.54, 1.807) is 6.07 Å². The molecule has 2 rings (SSSR count). The number of nitrogens with zero attached hydrogens (tertiary/aromatic N) is 1. The maximum Gasteiger partial charge on any atom is 0.306 e. The molecule has 0 aromatic heterocycles. The van der Waals surface area contributed by atoms with Crippen molar-refractivity contribution >= 4 is 5.97 Å². The van der Waals surface area contributed by atoms with Gasteiger partial charge in [-0.05, 0) is 43.6 Å². The summed E-state index contributed by atoms with van der Waals surface area (Å²) in [6.07, 6.45) is 1.27. The largest absolute Gasteiger partial charge is 0.505 e. The predicted molar refractivity (Wildman–Crippen MR) is 63.7 cm³/mol. The third-order valence-corrected chi connectivity index (χ3v) is 3.36. The van der Waals surface area contributed by atoms with Crippen LogP contribution >= 0.6 is 0 Å². The number of hydrogen-bond acceptors (Lipinski definition) is 3. The summed E-state index contributed by atoms with van der Waals surface area (Å²) >= 11 is 0. The Balaban J connectivity index is 1.91. The van der Waals surface area contributed by atoms with Crippen LogP contribution in [0.15, 0.2) is 18.2 Å². The van der Waals surface area contributed by atoms with Crippen LogP contribution < -0.4 is 0 Å². The first-order chi connectivity index (χ1) is 8.56. The molecule has 1 aliphatic heterocycles. The Morgan fingerprint density at radius 3 is 2.61 bits per heavy atom. The van der Waals surface area contributed by atoms with Gasteiger partial charge in [-0.1, -0.05) is 6.07 Å². The van der Waals surface area contributed by atoms with Crippen molar-refractivity contribution in [3.05, 3.63) is 29.6 Å². The Hall–Kier alpha value is -1.62. The number of piperidine rings is 1. The Morgan fingerprint density at radius 1 is 1.39 bits per heavy atom. The molecule has 1 saturated heterocycles. The maximum atomic E-state index is 13.2. The molecule has 18 heavy (non-hydrogen) atoms. The van der Waals surface area contributed by atoms with Crippen molar-refractivity contribution in [3.8, 4) is 5.75 Å². The second kappa shape index (κ2) is 5.35. The Kier molecular flexibility index (Phi) is 3.81. The van der Waals surface area contributed by atoms with Gasteiger partial charge in [0, 0.05) is 6.54 Å². The van der Waals surface area contributed by atoms with Crippen LogP contribution in [-0.4, -0.2) is 34.2 Å². The van der Waals surface area contributed by atoms with Crippen LogP contribution in [0.1, 0.15) is 18.4 Å². The molecule has 1 aromatic carbocycles. The fourth-order valence-corrected chi connectivity index (χ4v) is 2.24. The van der Waals surface area contributed by atoms with Crippen molar-refractivity contribution < 1.29 is 19.4 Å². The molecule has 1 fully saturated rings. The lowest BCUT2D eigenvalue weighted by molar-refractivity contribution is -0.143. The molecule has 2 N–H and O–H groups in total. The smallest absolute Gasteiger partial charge is 0.306 e. The Labute approximate surface area is 105 Å². The highest BCUT2D eigenvalue weighted by Crippen LogP contribution is 2.21. The van der Waals surface area contributed by atoms with Crippen LogP contribution in [0.3, 0.4) is 0 Å². The van der Waals surface area contributed by atoms with Gasteiger partial charge in [0.1, 0.15) is 0 Å². The van der Waals surface area contributed by atoms with E-state index in [9.17, 15) is 9.18 Å². The summed E-state index contributed by atoms with van der Waals surface area (Å²) in [4.78, 5) is 12.9. The third-order valence-electron chi connectivity index (χ3n) is 3.36.